The second-order valence-corrected chi connectivity index (χ2v) is 6.13. The molecule has 0 saturated heterocycles. The first-order valence-electron chi connectivity index (χ1n) is 7.57. The van der Waals surface area contributed by atoms with E-state index >= 15 is 0 Å². The third-order valence-electron chi connectivity index (χ3n) is 3.30. The van der Waals surface area contributed by atoms with Gasteiger partial charge >= 0.3 is 0 Å². The summed E-state index contributed by atoms with van der Waals surface area (Å²) in [4.78, 5) is 24.1. The van der Waals surface area contributed by atoms with Gasteiger partial charge in [0.1, 0.15) is 40.3 Å². The Morgan fingerprint density at radius 2 is 2.07 bits per heavy atom. The molecule has 0 aliphatic rings. The first-order valence-corrected chi connectivity index (χ1v) is 8.38. The fraction of sp³-hybridized carbons (Fsp3) is 0.125. The molecule has 2 aromatic heterocycles. The third-order valence-corrected chi connectivity index (χ3v) is 4.20. The number of nitrogen functional groups attached to an aromatic ring is 1. The third kappa shape index (κ3) is 3.99. The zero-order chi connectivity index (χ0) is 19.4. The number of carbonyl (C=O) groups excluding carboxylic acids is 1. The van der Waals surface area contributed by atoms with Crippen LogP contribution in [0.5, 0.6) is 5.88 Å². The summed E-state index contributed by atoms with van der Waals surface area (Å²) in [6.45, 7) is -0.274. The normalized spacial score (nSPS) is 10.6. The molecule has 0 spiro atoms. The Balaban J connectivity index is 1.88. The van der Waals surface area contributed by atoms with Gasteiger partial charge in [-0.05, 0) is 12.1 Å². The zero-order valence-corrected chi connectivity index (χ0v) is 14.5. The minimum absolute atomic E-state index is 0.0140. The van der Waals surface area contributed by atoms with Crippen LogP contribution in [0.4, 0.5) is 19.5 Å². The number of nitrogens with zero attached hydrogens (tertiary/aromatic N) is 3. The maximum Gasteiger partial charge on any atom is 0.277 e. The number of thiazole rings is 1. The van der Waals surface area contributed by atoms with E-state index in [0.29, 0.717) is 0 Å². The topological polar surface area (TPSA) is 123 Å². The minimum Gasteiger partial charge on any atom is -0.474 e. The number of carbonyl (C=O) groups is 1. The van der Waals surface area contributed by atoms with Crippen LogP contribution in [-0.2, 0) is 0 Å². The molecule has 0 saturated carbocycles. The summed E-state index contributed by atoms with van der Waals surface area (Å²) in [5, 5.41) is 11.2. The Morgan fingerprint density at radius 1 is 1.33 bits per heavy atom. The number of benzene rings is 1. The molecule has 0 fully saturated rings. The van der Waals surface area contributed by atoms with Crippen LogP contribution >= 0.6 is 11.3 Å². The highest BCUT2D eigenvalue weighted by molar-refractivity contribution is 7.19. The smallest absolute Gasteiger partial charge is 0.277 e. The standard InChI is InChI=1S/C16H13F2N5O3S/c17-8-2-1-3-9(18)11(8)16-23-12(13(19)27-16)14(25)22-10-6-20-7-21-15(10)26-5-4-24/h1-3,6-7,24H,4-5,19H2,(H,22,25). The molecule has 0 aliphatic heterocycles. The monoisotopic (exact) mass is 393 g/mol. The highest BCUT2D eigenvalue weighted by Crippen LogP contribution is 2.34. The second-order valence-electron chi connectivity index (χ2n) is 5.10. The largest absolute Gasteiger partial charge is 0.474 e. The van der Waals surface area contributed by atoms with E-state index in [2.05, 4.69) is 20.3 Å². The van der Waals surface area contributed by atoms with Gasteiger partial charge in [0.15, 0.2) is 5.69 Å². The Kier molecular flexibility index (Phi) is 5.52. The molecule has 0 unspecified atom stereocenters. The summed E-state index contributed by atoms with van der Waals surface area (Å²) in [6.07, 6.45) is 2.50. The SMILES string of the molecule is Nc1sc(-c2c(F)cccc2F)nc1C(=O)Nc1cncnc1OCCO. The maximum absolute atomic E-state index is 13.9. The van der Waals surface area contributed by atoms with E-state index in [1.165, 1.54) is 18.6 Å². The molecule has 8 nitrogen and oxygen atoms in total. The van der Waals surface area contributed by atoms with Crippen LogP contribution < -0.4 is 15.8 Å². The fourth-order valence-electron chi connectivity index (χ4n) is 2.15. The fourth-order valence-corrected chi connectivity index (χ4v) is 3.02. The molecular formula is C16H13F2N5O3S. The van der Waals surface area contributed by atoms with Crippen molar-refractivity contribution < 1.29 is 23.4 Å². The van der Waals surface area contributed by atoms with E-state index in [1.54, 1.807) is 0 Å². The first kappa shape index (κ1) is 18.6. The Bertz CT molecular complexity index is 962. The van der Waals surface area contributed by atoms with Crippen molar-refractivity contribution in [1.82, 2.24) is 15.0 Å². The minimum atomic E-state index is -0.813. The molecule has 2 heterocycles. The van der Waals surface area contributed by atoms with Gasteiger partial charge in [-0.25, -0.2) is 18.7 Å². The number of hydrogen-bond donors (Lipinski definition) is 3. The van der Waals surface area contributed by atoms with Crippen molar-refractivity contribution in [3.63, 3.8) is 0 Å². The van der Waals surface area contributed by atoms with Crippen molar-refractivity contribution in [3.8, 4) is 16.5 Å². The van der Waals surface area contributed by atoms with Gasteiger partial charge < -0.3 is 20.9 Å². The number of ether oxygens (including phenoxy) is 1. The van der Waals surface area contributed by atoms with Crippen molar-refractivity contribution in [3.05, 3.63) is 48.1 Å². The van der Waals surface area contributed by atoms with Gasteiger partial charge in [0, 0.05) is 0 Å². The number of halogens is 2. The number of nitrogens with two attached hydrogens (primary N) is 1. The first-order chi connectivity index (χ1) is 13.0. The van der Waals surface area contributed by atoms with E-state index in [-0.39, 0.29) is 46.0 Å². The van der Waals surface area contributed by atoms with Crippen molar-refractivity contribution in [2.24, 2.45) is 0 Å². The van der Waals surface area contributed by atoms with Gasteiger partial charge in [-0.15, -0.1) is 0 Å². The van der Waals surface area contributed by atoms with Crippen molar-refractivity contribution in [1.29, 1.82) is 0 Å². The number of amides is 1. The number of rotatable bonds is 6. The van der Waals surface area contributed by atoms with E-state index in [9.17, 15) is 13.6 Å². The zero-order valence-electron chi connectivity index (χ0n) is 13.6. The van der Waals surface area contributed by atoms with Crippen LogP contribution in [0.2, 0.25) is 0 Å². The Morgan fingerprint density at radius 3 is 2.78 bits per heavy atom. The second kappa shape index (κ2) is 8.01. The lowest BCUT2D eigenvalue weighted by atomic mass is 10.2. The molecule has 3 rings (SSSR count). The highest BCUT2D eigenvalue weighted by atomic mass is 32.1. The van der Waals surface area contributed by atoms with Gasteiger partial charge in [-0.1, -0.05) is 17.4 Å². The van der Waals surface area contributed by atoms with Crippen molar-refractivity contribution in [2.75, 3.05) is 24.3 Å². The number of aliphatic hydroxyl groups is 1. The van der Waals surface area contributed by atoms with E-state index in [1.807, 2.05) is 0 Å². The molecule has 1 aromatic carbocycles. The van der Waals surface area contributed by atoms with Crippen LogP contribution in [0.1, 0.15) is 10.5 Å². The molecule has 1 amide bonds. The van der Waals surface area contributed by atoms with Crippen LogP contribution in [-0.4, -0.2) is 39.2 Å². The van der Waals surface area contributed by atoms with Crippen LogP contribution in [0.3, 0.4) is 0 Å². The molecule has 140 valence electrons. The average Bonchev–Trinajstić information content (AvgIpc) is 3.02. The van der Waals surface area contributed by atoms with Gasteiger partial charge in [0.05, 0.1) is 18.4 Å². The lowest BCUT2D eigenvalue weighted by Gasteiger charge is -2.09. The van der Waals surface area contributed by atoms with Crippen LogP contribution in [0, 0.1) is 11.6 Å². The lowest BCUT2D eigenvalue weighted by molar-refractivity contribution is 0.102. The summed E-state index contributed by atoms with van der Waals surface area (Å²) in [5.41, 5.74) is 5.38. The van der Waals surface area contributed by atoms with E-state index < -0.39 is 17.5 Å². The number of anilines is 2. The summed E-state index contributed by atoms with van der Waals surface area (Å²) < 4.78 is 33.1. The van der Waals surface area contributed by atoms with Crippen molar-refractivity contribution in [2.45, 2.75) is 0 Å². The van der Waals surface area contributed by atoms with E-state index in [4.69, 9.17) is 15.6 Å². The molecule has 0 aliphatic carbocycles. The molecule has 0 bridgehead atoms. The van der Waals surface area contributed by atoms with Gasteiger partial charge in [0.25, 0.3) is 5.91 Å². The van der Waals surface area contributed by atoms with Crippen LogP contribution in [0.15, 0.2) is 30.7 Å². The molecular weight excluding hydrogens is 380 g/mol. The quantitative estimate of drug-likeness (QED) is 0.586. The summed E-state index contributed by atoms with van der Waals surface area (Å²) in [7, 11) is 0. The Hall–Kier alpha value is -3.18. The Labute approximate surface area is 155 Å². The molecule has 27 heavy (non-hydrogen) atoms. The molecule has 0 radical (unpaired) electrons. The summed E-state index contributed by atoms with van der Waals surface area (Å²) in [6, 6.07) is 3.39. The van der Waals surface area contributed by atoms with E-state index in [0.717, 1.165) is 23.5 Å². The summed E-state index contributed by atoms with van der Waals surface area (Å²) >= 11 is 0.783. The number of nitrogens with one attached hydrogen (secondary N) is 1. The predicted octanol–water partition coefficient (Wildman–Crippen LogP) is 2.08. The molecule has 11 heteroatoms. The highest BCUT2D eigenvalue weighted by Gasteiger charge is 2.22. The van der Waals surface area contributed by atoms with Crippen molar-refractivity contribution >= 4 is 27.9 Å². The maximum atomic E-state index is 13.9. The summed E-state index contributed by atoms with van der Waals surface area (Å²) in [5.74, 6) is -2.31. The number of aromatic nitrogens is 3. The van der Waals surface area contributed by atoms with Gasteiger partial charge in [-0.2, -0.15) is 4.98 Å². The van der Waals surface area contributed by atoms with Crippen LogP contribution in [0.25, 0.3) is 10.6 Å². The van der Waals surface area contributed by atoms with Gasteiger partial charge in [-0.3, -0.25) is 4.79 Å². The molecule has 4 N–H and O–H groups in total. The lowest BCUT2D eigenvalue weighted by Crippen LogP contribution is -2.16. The molecule has 3 aromatic rings. The number of hydrogen-bond acceptors (Lipinski definition) is 8. The predicted molar refractivity (Wildman–Crippen MR) is 94.4 cm³/mol. The average molecular weight is 393 g/mol. The number of aliphatic hydroxyl groups excluding tert-OH is 1. The molecule has 0 atom stereocenters. The van der Waals surface area contributed by atoms with Gasteiger partial charge in [0.2, 0.25) is 5.88 Å².